The number of aliphatic carboxylic acids is 1. The number of hydrogen-bond acceptors (Lipinski definition) is 4. The number of rotatable bonds is 3. The summed E-state index contributed by atoms with van der Waals surface area (Å²) in [7, 11) is 0. The molecule has 0 aliphatic carbocycles. The van der Waals surface area contributed by atoms with Gasteiger partial charge < -0.3 is 20.0 Å². The summed E-state index contributed by atoms with van der Waals surface area (Å²) in [6, 6.07) is 0. The molecular weight excluding hydrogens is 198 g/mol. The van der Waals surface area contributed by atoms with E-state index in [1.165, 1.54) is 13.8 Å². The number of nitrogens with one attached hydrogen (secondary N) is 1. The third kappa shape index (κ3) is 5.93. The van der Waals surface area contributed by atoms with Gasteiger partial charge in [0, 0.05) is 17.9 Å². The van der Waals surface area contributed by atoms with Gasteiger partial charge >= 0.3 is 6.09 Å². The average molecular weight is 216 g/mol. The van der Waals surface area contributed by atoms with Gasteiger partial charge in [-0.25, -0.2) is 4.79 Å². The van der Waals surface area contributed by atoms with Gasteiger partial charge in [0.1, 0.15) is 5.60 Å². The maximum Gasteiger partial charge on any atom is 0.407 e. The lowest BCUT2D eigenvalue weighted by Crippen LogP contribution is -2.46. The summed E-state index contributed by atoms with van der Waals surface area (Å²) < 4.78 is 4.95. The number of carboxylic acid groups (broad SMARTS) is 1. The average Bonchev–Trinajstić information content (AvgIpc) is 1.97. The molecule has 5 heteroatoms. The van der Waals surface area contributed by atoms with Crippen LogP contribution >= 0.6 is 0 Å². The van der Waals surface area contributed by atoms with Crippen LogP contribution in [0, 0.1) is 5.41 Å². The Balaban J connectivity index is 4.07. The summed E-state index contributed by atoms with van der Waals surface area (Å²) in [5.41, 5.74) is -1.69. The first-order chi connectivity index (χ1) is 6.54. The molecule has 0 aromatic rings. The molecular formula is C10H18NO4-. The Morgan fingerprint density at radius 1 is 1.20 bits per heavy atom. The summed E-state index contributed by atoms with van der Waals surface area (Å²) in [4.78, 5) is 21.8. The van der Waals surface area contributed by atoms with Crippen LogP contribution in [0.2, 0.25) is 0 Å². The van der Waals surface area contributed by atoms with Gasteiger partial charge in [-0.2, -0.15) is 0 Å². The standard InChI is InChI=1S/C10H19NO4/c1-9(2,3)15-8(14)11-6-10(4,5)7(12)13/h6H2,1-5H3,(H,11,14)(H,12,13)/p-1. The Bertz CT molecular complexity index is 253. The van der Waals surface area contributed by atoms with Gasteiger partial charge in [0.2, 0.25) is 0 Å². The molecule has 0 spiro atoms. The first-order valence-electron chi connectivity index (χ1n) is 4.73. The van der Waals surface area contributed by atoms with Crippen LogP contribution in [0.4, 0.5) is 4.79 Å². The Morgan fingerprint density at radius 2 is 1.67 bits per heavy atom. The molecule has 1 N–H and O–H groups in total. The minimum atomic E-state index is -1.21. The third-order valence-corrected chi connectivity index (χ3v) is 1.63. The second-order valence-corrected chi connectivity index (χ2v) is 5.03. The van der Waals surface area contributed by atoms with Crippen LogP contribution in [0.3, 0.4) is 0 Å². The van der Waals surface area contributed by atoms with E-state index in [1.54, 1.807) is 20.8 Å². The number of alkyl carbamates (subject to hydrolysis) is 1. The summed E-state index contributed by atoms with van der Waals surface area (Å²) in [5.74, 6) is -1.21. The first-order valence-corrected chi connectivity index (χ1v) is 4.73. The van der Waals surface area contributed by atoms with Crippen molar-refractivity contribution < 1.29 is 19.4 Å². The molecule has 5 nitrogen and oxygen atoms in total. The van der Waals surface area contributed by atoms with Crippen molar-refractivity contribution >= 4 is 12.1 Å². The SMILES string of the molecule is CC(C)(C)OC(=O)NCC(C)(C)C(=O)[O-]. The first kappa shape index (κ1) is 13.7. The lowest BCUT2D eigenvalue weighted by Gasteiger charge is -2.27. The number of hydrogen-bond donors (Lipinski definition) is 1. The van der Waals surface area contributed by atoms with Crippen molar-refractivity contribution in [1.82, 2.24) is 5.32 Å². The number of carboxylic acids is 1. The Labute approximate surface area is 89.8 Å². The van der Waals surface area contributed by atoms with Crippen molar-refractivity contribution in [1.29, 1.82) is 0 Å². The van der Waals surface area contributed by atoms with Crippen LogP contribution < -0.4 is 10.4 Å². The lowest BCUT2D eigenvalue weighted by molar-refractivity contribution is -0.317. The normalized spacial score (nSPS) is 12.1. The Hall–Kier alpha value is -1.26. The maximum absolute atomic E-state index is 11.2. The lowest BCUT2D eigenvalue weighted by atomic mass is 9.94. The predicted octanol–water partition coefficient (Wildman–Crippen LogP) is 0.287. The Kier molecular flexibility index (Phi) is 4.13. The molecule has 0 atom stereocenters. The predicted molar refractivity (Wildman–Crippen MR) is 53.0 cm³/mol. The highest BCUT2D eigenvalue weighted by molar-refractivity contribution is 5.73. The van der Waals surface area contributed by atoms with E-state index < -0.39 is 23.1 Å². The molecule has 0 aliphatic heterocycles. The van der Waals surface area contributed by atoms with Crippen molar-refractivity contribution in [3.63, 3.8) is 0 Å². The van der Waals surface area contributed by atoms with Gasteiger partial charge in [-0.1, -0.05) is 13.8 Å². The molecule has 0 radical (unpaired) electrons. The molecule has 0 rings (SSSR count). The zero-order valence-electron chi connectivity index (χ0n) is 9.84. The highest BCUT2D eigenvalue weighted by Gasteiger charge is 2.22. The van der Waals surface area contributed by atoms with Gasteiger partial charge in [-0.3, -0.25) is 0 Å². The van der Waals surface area contributed by atoms with Crippen LogP contribution in [-0.2, 0) is 9.53 Å². The van der Waals surface area contributed by atoms with E-state index in [0.29, 0.717) is 0 Å². The third-order valence-electron chi connectivity index (χ3n) is 1.63. The Morgan fingerprint density at radius 3 is 2.00 bits per heavy atom. The zero-order valence-corrected chi connectivity index (χ0v) is 9.84. The van der Waals surface area contributed by atoms with Gasteiger partial charge in [0.05, 0.1) is 0 Å². The van der Waals surface area contributed by atoms with E-state index >= 15 is 0 Å². The van der Waals surface area contributed by atoms with E-state index in [-0.39, 0.29) is 6.54 Å². The fourth-order valence-electron chi connectivity index (χ4n) is 0.679. The molecule has 0 aromatic heterocycles. The minimum absolute atomic E-state index is 0.0236. The molecule has 15 heavy (non-hydrogen) atoms. The number of carbonyl (C=O) groups is 2. The molecule has 0 aliphatic rings. The molecule has 0 saturated carbocycles. The highest BCUT2D eigenvalue weighted by Crippen LogP contribution is 2.12. The molecule has 0 fully saturated rings. The number of carbonyl (C=O) groups excluding carboxylic acids is 2. The van der Waals surface area contributed by atoms with Crippen LogP contribution in [0.1, 0.15) is 34.6 Å². The van der Waals surface area contributed by atoms with Gasteiger partial charge in [-0.15, -0.1) is 0 Å². The summed E-state index contributed by atoms with van der Waals surface area (Å²) in [6.45, 7) is 8.12. The largest absolute Gasteiger partial charge is 0.550 e. The van der Waals surface area contributed by atoms with E-state index in [9.17, 15) is 14.7 Å². The zero-order chi connectivity index (χ0) is 12.3. The van der Waals surface area contributed by atoms with Crippen molar-refractivity contribution in [3.8, 4) is 0 Å². The maximum atomic E-state index is 11.2. The molecule has 0 heterocycles. The van der Waals surface area contributed by atoms with Gasteiger partial charge in [-0.05, 0) is 20.8 Å². The van der Waals surface area contributed by atoms with Crippen molar-refractivity contribution in [3.05, 3.63) is 0 Å². The number of amides is 1. The van der Waals surface area contributed by atoms with Crippen LogP contribution in [0.15, 0.2) is 0 Å². The van der Waals surface area contributed by atoms with Crippen LogP contribution in [0.25, 0.3) is 0 Å². The minimum Gasteiger partial charge on any atom is -0.550 e. The summed E-state index contributed by atoms with van der Waals surface area (Å²) >= 11 is 0. The summed E-state index contributed by atoms with van der Waals surface area (Å²) in [5, 5.41) is 13.0. The molecule has 0 aromatic carbocycles. The van der Waals surface area contributed by atoms with Crippen LogP contribution in [0.5, 0.6) is 0 Å². The fourth-order valence-corrected chi connectivity index (χ4v) is 0.679. The monoisotopic (exact) mass is 216 g/mol. The fraction of sp³-hybridized carbons (Fsp3) is 0.800. The van der Waals surface area contributed by atoms with E-state index in [2.05, 4.69) is 5.32 Å². The molecule has 1 amide bonds. The van der Waals surface area contributed by atoms with E-state index in [4.69, 9.17) is 4.74 Å². The van der Waals surface area contributed by atoms with Crippen molar-refractivity contribution in [2.45, 2.75) is 40.2 Å². The second-order valence-electron chi connectivity index (χ2n) is 5.03. The van der Waals surface area contributed by atoms with E-state index in [0.717, 1.165) is 0 Å². The quantitative estimate of drug-likeness (QED) is 0.735. The molecule has 0 bridgehead atoms. The molecule has 88 valence electrons. The van der Waals surface area contributed by atoms with Gasteiger partial charge in [0.25, 0.3) is 0 Å². The van der Waals surface area contributed by atoms with E-state index in [1.807, 2.05) is 0 Å². The number of ether oxygens (including phenoxy) is 1. The smallest absolute Gasteiger partial charge is 0.407 e. The summed E-state index contributed by atoms with van der Waals surface area (Å²) in [6.07, 6.45) is -0.628. The molecule has 0 saturated heterocycles. The van der Waals surface area contributed by atoms with Crippen molar-refractivity contribution in [2.24, 2.45) is 5.41 Å². The highest BCUT2D eigenvalue weighted by atomic mass is 16.6. The van der Waals surface area contributed by atoms with Crippen LogP contribution in [-0.4, -0.2) is 24.2 Å². The van der Waals surface area contributed by atoms with Crippen molar-refractivity contribution in [2.75, 3.05) is 6.54 Å². The molecule has 0 unspecified atom stereocenters. The van der Waals surface area contributed by atoms with Gasteiger partial charge in [0.15, 0.2) is 0 Å². The second kappa shape index (κ2) is 4.51. The topological polar surface area (TPSA) is 78.5 Å².